The van der Waals surface area contributed by atoms with Crippen LogP contribution in [0.5, 0.6) is 0 Å². The summed E-state index contributed by atoms with van der Waals surface area (Å²) in [4.78, 5) is 27.2. The molecule has 0 spiro atoms. The molecule has 28 heavy (non-hydrogen) atoms. The minimum atomic E-state index is -0.358. The van der Waals surface area contributed by atoms with E-state index in [1.54, 1.807) is 11.3 Å². The van der Waals surface area contributed by atoms with E-state index in [0.717, 1.165) is 47.7 Å². The van der Waals surface area contributed by atoms with Gasteiger partial charge >= 0.3 is 5.97 Å². The third-order valence-corrected chi connectivity index (χ3v) is 6.65. The van der Waals surface area contributed by atoms with E-state index in [0.29, 0.717) is 12.0 Å². The number of hydrogen-bond donors (Lipinski definition) is 1. The van der Waals surface area contributed by atoms with Crippen LogP contribution in [0, 0.1) is 5.41 Å². The monoisotopic (exact) mass is 401 g/mol. The van der Waals surface area contributed by atoms with E-state index < -0.39 is 0 Å². The summed E-state index contributed by atoms with van der Waals surface area (Å²) < 4.78 is 11.2. The SMILES string of the molecule is CC1=C(C(=O)OC[C@H]2CCCO2)[C@@H](c2cccs2)C2=C(CC(C)(C)CC2=O)N1. The first-order valence-corrected chi connectivity index (χ1v) is 10.8. The van der Waals surface area contributed by atoms with E-state index in [9.17, 15) is 9.59 Å². The summed E-state index contributed by atoms with van der Waals surface area (Å²) in [7, 11) is 0. The summed E-state index contributed by atoms with van der Waals surface area (Å²) in [6.45, 7) is 7.12. The van der Waals surface area contributed by atoms with Gasteiger partial charge in [0.25, 0.3) is 0 Å². The van der Waals surface area contributed by atoms with Crippen molar-refractivity contribution in [2.24, 2.45) is 5.41 Å². The molecule has 4 rings (SSSR count). The molecule has 1 aromatic rings. The largest absolute Gasteiger partial charge is 0.459 e. The van der Waals surface area contributed by atoms with Gasteiger partial charge in [-0.05, 0) is 43.0 Å². The van der Waals surface area contributed by atoms with E-state index >= 15 is 0 Å². The molecule has 0 saturated carbocycles. The molecule has 0 aromatic carbocycles. The Kier molecular flexibility index (Phi) is 5.19. The Morgan fingerprint density at radius 3 is 2.89 bits per heavy atom. The molecular formula is C22H27NO4S. The van der Waals surface area contributed by atoms with Crippen molar-refractivity contribution in [3.63, 3.8) is 0 Å². The second-order valence-electron chi connectivity index (χ2n) is 8.68. The number of allylic oxidation sites excluding steroid dienone is 3. The Balaban J connectivity index is 1.67. The van der Waals surface area contributed by atoms with Crippen molar-refractivity contribution >= 4 is 23.1 Å². The Labute approximate surface area is 169 Å². The first-order valence-electron chi connectivity index (χ1n) is 9.92. The number of thiophene rings is 1. The van der Waals surface area contributed by atoms with Gasteiger partial charge < -0.3 is 14.8 Å². The minimum absolute atomic E-state index is 0.0199. The topological polar surface area (TPSA) is 64.6 Å². The number of hydrogen-bond acceptors (Lipinski definition) is 6. The lowest BCUT2D eigenvalue weighted by Crippen LogP contribution is -2.38. The Hall–Kier alpha value is -1.92. The Bertz CT molecular complexity index is 844. The first kappa shape index (κ1) is 19.4. The fourth-order valence-electron chi connectivity index (χ4n) is 4.47. The summed E-state index contributed by atoms with van der Waals surface area (Å²) in [5.41, 5.74) is 2.93. The third-order valence-electron chi connectivity index (χ3n) is 5.71. The quantitative estimate of drug-likeness (QED) is 0.771. The van der Waals surface area contributed by atoms with Gasteiger partial charge in [0.1, 0.15) is 6.61 Å². The maximum absolute atomic E-state index is 13.1. The van der Waals surface area contributed by atoms with Crippen molar-refractivity contribution < 1.29 is 19.1 Å². The van der Waals surface area contributed by atoms with Crippen LogP contribution in [0.2, 0.25) is 0 Å². The summed E-state index contributed by atoms with van der Waals surface area (Å²) >= 11 is 1.57. The summed E-state index contributed by atoms with van der Waals surface area (Å²) in [5.74, 6) is -0.589. The van der Waals surface area contributed by atoms with Crippen molar-refractivity contribution in [1.82, 2.24) is 5.32 Å². The van der Waals surface area contributed by atoms with Crippen molar-refractivity contribution in [2.45, 2.75) is 58.5 Å². The molecular weight excluding hydrogens is 374 g/mol. The predicted molar refractivity (Wildman–Crippen MR) is 108 cm³/mol. The van der Waals surface area contributed by atoms with Crippen molar-refractivity contribution in [3.05, 3.63) is 44.9 Å². The van der Waals surface area contributed by atoms with Crippen molar-refractivity contribution in [3.8, 4) is 0 Å². The number of esters is 1. The molecule has 0 unspecified atom stereocenters. The highest BCUT2D eigenvalue weighted by atomic mass is 32.1. The van der Waals surface area contributed by atoms with Gasteiger partial charge in [-0.3, -0.25) is 4.79 Å². The predicted octanol–water partition coefficient (Wildman–Crippen LogP) is 4.07. The van der Waals surface area contributed by atoms with E-state index in [1.165, 1.54) is 0 Å². The fourth-order valence-corrected chi connectivity index (χ4v) is 5.31. The zero-order valence-electron chi connectivity index (χ0n) is 16.7. The molecule has 0 radical (unpaired) electrons. The standard InChI is InChI=1S/C22H27NO4S/c1-13-18(21(25)27-12-14-6-4-8-26-14)20(17-7-5-9-28-17)19-15(23-13)10-22(2,3)11-16(19)24/h5,7,9,14,20,23H,4,6,8,10-12H2,1-3H3/t14-,20-/m1/s1. The number of ether oxygens (including phenoxy) is 2. The van der Waals surface area contributed by atoms with Crippen LogP contribution < -0.4 is 5.32 Å². The molecule has 1 N–H and O–H groups in total. The summed E-state index contributed by atoms with van der Waals surface area (Å²) in [6, 6.07) is 3.96. The van der Waals surface area contributed by atoms with Crippen LogP contribution in [0.3, 0.4) is 0 Å². The second-order valence-corrected chi connectivity index (χ2v) is 9.66. The van der Waals surface area contributed by atoms with E-state index in [4.69, 9.17) is 9.47 Å². The summed E-state index contributed by atoms with van der Waals surface area (Å²) in [5, 5.41) is 5.35. The van der Waals surface area contributed by atoms with E-state index in [-0.39, 0.29) is 35.8 Å². The van der Waals surface area contributed by atoms with Gasteiger partial charge in [-0.2, -0.15) is 0 Å². The van der Waals surface area contributed by atoms with Gasteiger partial charge in [0.15, 0.2) is 5.78 Å². The van der Waals surface area contributed by atoms with Gasteiger partial charge in [-0.15, -0.1) is 11.3 Å². The van der Waals surface area contributed by atoms with Crippen LogP contribution in [0.4, 0.5) is 0 Å². The number of carbonyl (C=O) groups is 2. The second kappa shape index (κ2) is 7.48. The molecule has 150 valence electrons. The number of ketones is 1. The Morgan fingerprint density at radius 2 is 2.21 bits per heavy atom. The minimum Gasteiger partial charge on any atom is -0.459 e. The number of rotatable bonds is 4. The molecule has 1 saturated heterocycles. The fraction of sp³-hybridized carbons (Fsp3) is 0.545. The molecule has 2 aliphatic heterocycles. The maximum atomic E-state index is 13.1. The smallest absolute Gasteiger partial charge is 0.336 e. The van der Waals surface area contributed by atoms with Crippen LogP contribution in [0.15, 0.2) is 40.1 Å². The average molecular weight is 402 g/mol. The van der Waals surface area contributed by atoms with Crippen LogP contribution in [-0.2, 0) is 19.1 Å². The van der Waals surface area contributed by atoms with Crippen LogP contribution in [0.1, 0.15) is 57.2 Å². The van der Waals surface area contributed by atoms with Gasteiger partial charge in [0.05, 0.1) is 17.6 Å². The lowest BCUT2D eigenvalue weighted by atomic mass is 9.70. The van der Waals surface area contributed by atoms with Crippen LogP contribution in [-0.4, -0.2) is 31.1 Å². The average Bonchev–Trinajstić information content (AvgIpc) is 3.31. The maximum Gasteiger partial charge on any atom is 0.336 e. The number of Topliss-reactive ketones (excluding diaryl/α,β-unsaturated/α-hetero) is 1. The number of dihydropyridines is 1. The normalized spacial score (nSPS) is 26.9. The molecule has 1 fully saturated rings. The van der Waals surface area contributed by atoms with Gasteiger partial charge in [-0.1, -0.05) is 19.9 Å². The van der Waals surface area contributed by atoms with Crippen LogP contribution >= 0.6 is 11.3 Å². The lowest BCUT2D eigenvalue weighted by Gasteiger charge is -2.39. The molecule has 0 amide bonds. The molecule has 1 aromatic heterocycles. The molecule has 0 bridgehead atoms. The van der Waals surface area contributed by atoms with Gasteiger partial charge in [0.2, 0.25) is 0 Å². The number of carbonyl (C=O) groups excluding carboxylic acids is 2. The highest BCUT2D eigenvalue weighted by Crippen LogP contribution is 2.47. The van der Waals surface area contributed by atoms with E-state index in [1.807, 2.05) is 24.4 Å². The molecule has 5 nitrogen and oxygen atoms in total. The molecule has 1 aliphatic carbocycles. The number of nitrogens with one attached hydrogen (secondary N) is 1. The highest BCUT2D eigenvalue weighted by Gasteiger charge is 2.43. The zero-order valence-corrected chi connectivity index (χ0v) is 17.5. The summed E-state index contributed by atoms with van der Waals surface area (Å²) in [6.07, 6.45) is 3.19. The Morgan fingerprint density at radius 1 is 1.39 bits per heavy atom. The lowest BCUT2D eigenvalue weighted by molar-refractivity contribution is -0.142. The molecule has 6 heteroatoms. The molecule has 3 heterocycles. The first-order chi connectivity index (χ1) is 13.4. The zero-order chi connectivity index (χ0) is 19.9. The van der Waals surface area contributed by atoms with Crippen LogP contribution in [0.25, 0.3) is 0 Å². The van der Waals surface area contributed by atoms with Crippen molar-refractivity contribution in [1.29, 1.82) is 0 Å². The molecule has 2 atom stereocenters. The van der Waals surface area contributed by atoms with Gasteiger partial charge in [-0.25, -0.2) is 4.79 Å². The highest BCUT2D eigenvalue weighted by molar-refractivity contribution is 7.10. The van der Waals surface area contributed by atoms with E-state index in [2.05, 4.69) is 19.2 Å². The van der Waals surface area contributed by atoms with Gasteiger partial charge in [0, 0.05) is 34.9 Å². The van der Waals surface area contributed by atoms with Crippen molar-refractivity contribution in [2.75, 3.05) is 13.2 Å². The molecule has 3 aliphatic rings. The third kappa shape index (κ3) is 3.67.